The van der Waals surface area contributed by atoms with Gasteiger partial charge < -0.3 is 15.0 Å². The molecule has 1 aliphatic heterocycles. The lowest BCUT2D eigenvalue weighted by molar-refractivity contribution is -0.130. The summed E-state index contributed by atoms with van der Waals surface area (Å²) in [6.07, 6.45) is 0.609. The van der Waals surface area contributed by atoms with Crippen LogP contribution < -0.4 is 15.5 Å². The molecular formula is C18H18FN3O4. The first-order chi connectivity index (χ1) is 12.5. The largest absolute Gasteiger partial charge is 0.457 e. The number of hydrogen-bond acceptors (Lipinski definition) is 4. The number of nitrogens with zero attached hydrogens (tertiary/aromatic N) is 1. The number of hydroxylamine groups is 1. The van der Waals surface area contributed by atoms with E-state index in [0.717, 1.165) is 5.56 Å². The Morgan fingerprint density at radius 2 is 1.81 bits per heavy atom. The molecular weight excluding hydrogens is 341 g/mol. The average molecular weight is 359 g/mol. The minimum Gasteiger partial charge on any atom is -0.457 e. The van der Waals surface area contributed by atoms with Crippen molar-refractivity contribution in [3.05, 3.63) is 59.9 Å². The summed E-state index contributed by atoms with van der Waals surface area (Å²) in [6.45, 7) is 0.649. The van der Waals surface area contributed by atoms with Crippen LogP contribution in [0, 0.1) is 5.82 Å². The van der Waals surface area contributed by atoms with Crippen LogP contribution in [0.25, 0.3) is 0 Å². The maximum absolute atomic E-state index is 12.9. The first-order valence-electron chi connectivity index (χ1n) is 8.07. The summed E-state index contributed by atoms with van der Waals surface area (Å²) in [6, 6.07) is 12.0. The number of hydrogen-bond donors (Lipinski definition) is 3. The number of halogens is 1. The predicted molar refractivity (Wildman–Crippen MR) is 90.4 cm³/mol. The summed E-state index contributed by atoms with van der Waals surface area (Å²) in [5.74, 6) is 0.209. The van der Waals surface area contributed by atoms with Gasteiger partial charge in [0.25, 0.3) is 5.91 Å². The smallest absolute Gasteiger partial charge is 0.318 e. The molecule has 1 saturated heterocycles. The Hall–Kier alpha value is -3.13. The summed E-state index contributed by atoms with van der Waals surface area (Å²) in [4.78, 5) is 24.7. The van der Waals surface area contributed by atoms with Crippen molar-refractivity contribution >= 4 is 11.9 Å². The Balaban J connectivity index is 1.52. The van der Waals surface area contributed by atoms with E-state index in [4.69, 9.17) is 9.94 Å². The Morgan fingerprint density at radius 3 is 2.42 bits per heavy atom. The van der Waals surface area contributed by atoms with Crippen molar-refractivity contribution in [3.63, 3.8) is 0 Å². The fraction of sp³-hybridized carbons (Fsp3) is 0.222. The highest BCUT2D eigenvalue weighted by Crippen LogP contribution is 2.22. The Bertz CT molecular complexity index is 780. The minimum absolute atomic E-state index is 0.205. The lowest BCUT2D eigenvalue weighted by Gasteiger charge is -2.14. The SMILES string of the molecule is O=C(NO)[C@H]1CN(CCc2ccc(Oc3ccc(F)cc3)cc2)C(=O)N1. The quantitative estimate of drug-likeness (QED) is 0.544. The third kappa shape index (κ3) is 4.28. The van der Waals surface area contributed by atoms with E-state index in [1.165, 1.54) is 22.5 Å². The van der Waals surface area contributed by atoms with Gasteiger partial charge in [-0.3, -0.25) is 10.0 Å². The first-order valence-corrected chi connectivity index (χ1v) is 8.07. The third-order valence-electron chi connectivity index (χ3n) is 4.06. The van der Waals surface area contributed by atoms with E-state index >= 15 is 0 Å². The van der Waals surface area contributed by atoms with E-state index in [1.54, 1.807) is 24.3 Å². The van der Waals surface area contributed by atoms with Crippen molar-refractivity contribution in [1.82, 2.24) is 15.7 Å². The van der Waals surface area contributed by atoms with Crippen LogP contribution in [0.5, 0.6) is 11.5 Å². The highest BCUT2D eigenvalue weighted by Gasteiger charge is 2.32. The van der Waals surface area contributed by atoms with Crippen LogP contribution in [0.15, 0.2) is 48.5 Å². The third-order valence-corrected chi connectivity index (χ3v) is 4.06. The molecule has 2 aromatic rings. The zero-order chi connectivity index (χ0) is 18.5. The van der Waals surface area contributed by atoms with Gasteiger partial charge in [0.1, 0.15) is 23.4 Å². The van der Waals surface area contributed by atoms with Crippen LogP contribution in [0.1, 0.15) is 5.56 Å². The van der Waals surface area contributed by atoms with Crippen LogP contribution >= 0.6 is 0 Å². The summed E-state index contributed by atoms with van der Waals surface area (Å²) < 4.78 is 18.5. The summed E-state index contributed by atoms with van der Waals surface area (Å²) in [5, 5.41) is 11.1. The molecule has 0 unspecified atom stereocenters. The van der Waals surface area contributed by atoms with Gasteiger partial charge in [-0.2, -0.15) is 0 Å². The normalized spacial score (nSPS) is 16.3. The van der Waals surface area contributed by atoms with Gasteiger partial charge in [-0.15, -0.1) is 0 Å². The second-order valence-electron chi connectivity index (χ2n) is 5.87. The number of benzene rings is 2. The van der Waals surface area contributed by atoms with Gasteiger partial charge in [0.15, 0.2) is 0 Å². The summed E-state index contributed by atoms with van der Waals surface area (Å²) >= 11 is 0. The van der Waals surface area contributed by atoms with E-state index in [1.807, 2.05) is 12.1 Å². The second kappa shape index (κ2) is 7.83. The van der Waals surface area contributed by atoms with Crippen molar-refractivity contribution in [2.75, 3.05) is 13.1 Å². The van der Waals surface area contributed by atoms with Crippen LogP contribution in [-0.2, 0) is 11.2 Å². The Kier molecular flexibility index (Phi) is 5.33. The maximum atomic E-state index is 12.9. The number of carbonyl (C=O) groups excluding carboxylic acids is 2. The number of nitrogens with one attached hydrogen (secondary N) is 2. The topological polar surface area (TPSA) is 90.9 Å². The molecule has 8 heteroatoms. The molecule has 0 aliphatic carbocycles. The predicted octanol–water partition coefficient (Wildman–Crippen LogP) is 2.06. The monoisotopic (exact) mass is 359 g/mol. The lowest BCUT2D eigenvalue weighted by Crippen LogP contribution is -2.41. The van der Waals surface area contributed by atoms with Crippen molar-refractivity contribution in [2.24, 2.45) is 0 Å². The number of amides is 3. The van der Waals surface area contributed by atoms with Gasteiger partial charge >= 0.3 is 6.03 Å². The summed E-state index contributed by atoms with van der Waals surface area (Å²) in [5.41, 5.74) is 2.54. The first kappa shape index (κ1) is 17.7. The van der Waals surface area contributed by atoms with Crippen LogP contribution in [0.2, 0.25) is 0 Å². The van der Waals surface area contributed by atoms with Gasteiger partial charge in [0.2, 0.25) is 0 Å². The molecule has 1 atom stereocenters. The molecule has 0 spiro atoms. The van der Waals surface area contributed by atoms with E-state index in [9.17, 15) is 14.0 Å². The zero-order valence-electron chi connectivity index (χ0n) is 13.8. The van der Waals surface area contributed by atoms with Crippen LogP contribution in [-0.4, -0.2) is 41.2 Å². The van der Waals surface area contributed by atoms with Gasteiger partial charge in [0.05, 0.1) is 6.54 Å². The van der Waals surface area contributed by atoms with Gasteiger partial charge in [-0.25, -0.2) is 14.7 Å². The highest BCUT2D eigenvalue weighted by atomic mass is 19.1. The minimum atomic E-state index is -0.751. The van der Waals surface area contributed by atoms with E-state index in [0.29, 0.717) is 24.5 Å². The average Bonchev–Trinajstić information content (AvgIpc) is 3.03. The fourth-order valence-electron chi connectivity index (χ4n) is 2.64. The molecule has 0 bridgehead atoms. The molecule has 1 aliphatic rings. The van der Waals surface area contributed by atoms with Crippen LogP contribution in [0.3, 0.4) is 0 Å². The molecule has 0 radical (unpaired) electrons. The number of ether oxygens (including phenoxy) is 1. The van der Waals surface area contributed by atoms with Gasteiger partial charge in [-0.05, 0) is 48.4 Å². The van der Waals surface area contributed by atoms with E-state index in [-0.39, 0.29) is 18.4 Å². The number of carbonyl (C=O) groups is 2. The van der Waals surface area contributed by atoms with Crippen molar-refractivity contribution in [3.8, 4) is 11.5 Å². The lowest BCUT2D eigenvalue weighted by atomic mass is 10.1. The Labute approximate surface area is 149 Å². The molecule has 3 rings (SSSR count). The molecule has 3 N–H and O–H groups in total. The molecule has 3 amide bonds. The zero-order valence-corrected chi connectivity index (χ0v) is 13.8. The van der Waals surface area contributed by atoms with E-state index in [2.05, 4.69) is 5.32 Å². The second-order valence-corrected chi connectivity index (χ2v) is 5.87. The molecule has 26 heavy (non-hydrogen) atoms. The van der Waals surface area contributed by atoms with Gasteiger partial charge in [-0.1, -0.05) is 12.1 Å². The number of rotatable bonds is 6. The van der Waals surface area contributed by atoms with Crippen LogP contribution in [0.4, 0.5) is 9.18 Å². The highest BCUT2D eigenvalue weighted by molar-refractivity contribution is 5.89. The van der Waals surface area contributed by atoms with Crippen molar-refractivity contribution < 1.29 is 23.9 Å². The van der Waals surface area contributed by atoms with Gasteiger partial charge in [0, 0.05) is 6.54 Å². The number of urea groups is 1. The molecule has 1 heterocycles. The standard InChI is InChI=1S/C18H18FN3O4/c19-13-3-7-15(8-4-13)26-14-5-1-12(2-6-14)9-10-22-11-16(17(23)21-25)20-18(22)24/h1-8,16,25H,9-11H2,(H,20,24)(H,21,23)/t16-/m1/s1. The van der Waals surface area contributed by atoms with E-state index < -0.39 is 11.9 Å². The van der Waals surface area contributed by atoms with Crippen molar-refractivity contribution in [1.29, 1.82) is 0 Å². The maximum Gasteiger partial charge on any atom is 0.318 e. The van der Waals surface area contributed by atoms with Crippen molar-refractivity contribution in [2.45, 2.75) is 12.5 Å². The molecule has 0 saturated carbocycles. The summed E-state index contributed by atoms with van der Waals surface area (Å²) in [7, 11) is 0. The molecule has 2 aromatic carbocycles. The molecule has 136 valence electrons. The molecule has 7 nitrogen and oxygen atoms in total. The molecule has 0 aromatic heterocycles. The molecule has 1 fully saturated rings. The Morgan fingerprint density at radius 1 is 1.19 bits per heavy atom. The fourth-order valence-corrected chi connectivity index (χ4v) is 2.64.